The van der Waals surface area contributed by atoms with Crippen LogP contribution in [0.1, 0.15) is 11.3 Å². The van der Waals surface area contributed by atoms with Crippen LogP contribution in [0.25, 0.3) is 6.08 Å². The number of rotatable bonds is 4. The number of carbonyl (C=O) groups is 1. The Labute approximate surface area is 120 Å². The van der Waals surface area contributed by atoms with Gasteiger partial charge in [-0.05, 0) is 23.8 Å². The largest absolute Gasteiger partial charge is 0.347 e. The van der Waals surface area contributed by atoms with Gasteiger partial charge in [0.2, 0.25) is 5.91 Å². The highest BCUT2D eigenvalue weighted by Gasteiger charge is 2.06. The summed E-state index contributed by atoms with van der Waals surface area (Å²) in [7, 11) is 1.75. The highest BCUT2D eigenvalue weighted by atomic mass is 35.5. The molecule has 0 saturated carbocycles. The SMILES string of the molecule is Cn1ncc(Cl)c1CNC(=O)/C=C/c1ccc(F)cc1. The van der Waals surface area contributed by atoms with Crippen LogP contribution in [0.2, 0.25) is 5.02 Å². The molecule has 1 heterocycles. The molecule has 6 heteroatoms. The molecule has 1 amide bonds. The second-order valence-electron chi connectivity index (χ2n) is 4.17. The van der Waals surface area contributed by atoms with Crippen LogP contribution in [0.3, 0.4) is 0 Å². The van der Waals surface area contributed by atoms with E-state index in [4.69, 9.17) is 11.6 Å². The van der Waals surface area contributed by atoms with E-state index >= 15 is 0 Å². The first kappa shape index (κ1) is 14.3. The molecule has 0 atom stereocenters. The van der Waals surface area contributed by atoms with Crippen molar-refractivity contribution >= 4 is 23.6 Å². The number of aryl methyl sites for hydroxylation is 1. The lowest BCUT2D eigenvalue weighted by Crippen LogP contribution is -2.22. The van der Waals surface area contributed by atoms with E-state index in [1.807, 2.05) is 0 Å². The van der Waals surface area contributed by atoms with Crippen molar-refractivity contribution in [2.75, 3.05) is 0 Å². The van der Waals surface area contributed by atoms with Crippen LogP contribution in [0.5, 0.6) is 0 Å². The molecule has 2 aromatic rings. The zero-order valence-corrected chi connectivity index (χ0v) is 11.6. The van der Waals surface area contributed by atoms with Crippen molar-refractivity contribution in [3.63, 3.8) is 0 Å². The minimum absolute atomic E-state index is 0.258. The van der Waals surface area contributed by atoms with Crippen molar-refractivity contribution < 1.29 is 9.18 Å². The highest BCUT2D eigenvalue weighted by Crippen LogP contribution is 2.13. The maximum Gasteiger partial charge on any atom is 0.244 e. The molecule has 1 aromatic carbocycles. The standard InChI is InChI=1S/C14H13ClFN3O/c1-19-13(12(15)8-18-19)9-17-14(20)7-4-10-2-5-11(16)6-3-10/h2-8H,9H2,1H3,(H,17,20)/b7-4+. The Morgan fingerprint density at radius 3 is 2.75 bits per heavy atom. The average Bonchev–Trinajstić information content (AvgIpc) is 2.75. The molecule has 1 N–H and O–H groups in total. The molecule has 20 heavy (non-hydrogen) atoms. The lowest BCUT2D eigenvalue weighted by molar-refractivity contribution is -0.116. The third kappa shape index (κ3) is 3.68. The molecule has 0 bridgehead atoms. The predicted octanol–water partition coefficient (Wildman–Crippen LogP) is 2.54. The molecular weight excluding hydrogens is 281 g/mol. The van der Waals surface area contributed by atoms with Crippen molar-refractivity contribution in [2.24, 2.45) is 7.05 Å². The van der Waals surface area contributed by atoms with E-state index in [1.54, 1.807) is 29.9 Å². The first-order valence-electron chi connectivity index (χ1n) is 5.94. The zero-order chi connectivity index (χ0) is 14.5. The summed E-state index contributed by atoms with van der Waals surface area (Å²) in [4.78, 5) is 11.7. The van der Waals surface area contributed by atoms with Crippen LogP contribution in [0.4, 0.5) is 4.39 Å². The lowest BCUT2D eigenvalue weighted by Gasteiger charge is -2.03. The van der Waals surface area contributed by atoms with Gasteiger partial charge < -0.3 is 5.32 Å². The Morgan fingerprint density at radius 2 is 2.15 bits per heavy atom. The third-order valence-corrected chi connectivity index (χ3v) is 3.05. The lowest BCUT2D eigenvalue weighted by atomic mass is 10.2. The fourth-order valence-electron chi connectivity index (χ4n) is 1.61. The number of hydrogen-bond donors (Lipinski definition) is 1. The number of benzene rings is 1. The van der Waals surface area contributed by atoms with Crippen LogP contribution in [0.15, 0.2) is 36.5 Å². The summed E-state index contributed by atoms with van der Waals surface area (Å²) < 4.78 is 14.3. The molecular formula is C14H13ClFN3O. The van der Waals surface area contributed by atoms with Gasteiger partial charge in [0.1, 0.15) is 5.82 Å². The molecule has 0 aliphatic carbocycles. The van der Waals surface area contributed by atoms with Crippen LogP contribution in [-0.4, -0.2) is 15.7 Å². The minimum atomic E-state index is -0.308. The Kier molecular flexibility index (Phi) is 4.53. The summed E-state index contributed by atoms with van der Waals surface area (Å²) >= 11 is 5.93. The summed E-state index contributed by atoms with van der Waals surface area (Å²) in [5, 5.41) is 7.19. The fraction of sp³-hybridized carbons (Fsp3) is 0.143. The van der Waals surface area contributed by atoms with Gasteiger partial charge in [0.25, 0.3) is 0 Å². The molecule has 1 aromatic heterocycles. The van der Waals surface area contributed by atoms with Crippen molar-refractivity contribution in [1.82, 2.24) is 15.1 Å². The monoisotopic (exact) mass is 293 g/mol. The maximum atomic E-state index is 12.7. The topological polar surface area (TPSA) is 46.9 Å². The number of carbonyl (C=O) groups excluding carboxylic acids is 1. The van der Waals surface area contributed by atoms with Gasteiger partial charge in [-0.2, -0.15) is 5.10 Å². The first-order valence-corrected chi connectivity index (χ1v) is 6.32. The summed E-state index contributed by atoms with van der Waals surface area (Å²) in [6.45, 7) is 0.294. The summed E-state index contributed by atoms with van der Waals surface area (Å²) in [6, 6.07) is 5.87. The highest BCUT2D eigenvalue weighted by molar-refractivity contribution is 6.31. The Balaban J connectivity index is 1.91. The number of hydrogen-bond acceptors (Lipinski definition) is 2. The van der Waals surface area contributed by atoms with Gasteiger partial charge in [-0.15, -0.1) is 0 Å². The van der Waals surface area contributed by atoms with Crippen LogP contribution < -0.4 is 5.32 Å². The van der Waals surface area contributed by atoms with Crippen molar-refractivity contribution in [1.29, 1.82) is 0 Å². The molecule has 0 spiro atoms. The summed E-state index contributed by atoms with van der Waals surface area (Å²) in [5.74, 6) is -0.566. The summed E-state index contributed by atoms with van der Waals surface area (Å²) in [6.07, 6.45) is 4.52. The molecule has 0 unspecified atom stereocenters. The van der Waals surface area contributed by atoms with Gasteiger partial charge in [-0.25, -0.2) is 4.39 Å². The number of halogens is 2. The summed E-state index contributed by atoms with van der Waals surface area (Å²) in [5.41, 5.74) is 1.48. The molecule has 0 aliphatic heterocycles. The molecule has 0 aliphatic rings. The molecule has 0 saturated heterocycles. The quantitative estimate of drug-likeness (QED) is 0.881. The van der Waals surface area contributed by atoms with Gasteiger partial charge >= 0.3 is 0 Å². The maximum absolute atomic E-state index is 12.7. The van der Waals surface area contributed by atoms with E-state index in [1.165, 1.54) is 24.4 Å². The van der Waals surface area contributed by atoms with E-state index in [9.17, 15) is 9.18 Å². The fourth-order valence-corrected chi connectivity index (χ4v) is 1.84. The van der Waals surface area contributed by atoms with Crippen LogP contribution in [0, 0.1) is 5.82 Å². The second-order valence-corrected chi connectivity index (χ2v) is 4.57. The van der Waals surface area contributed by atoms with E-state index in [2.05, 4.69) is 10.4 Å². The van der Waals surface area contributed by atoms with Gasteiger partial charge in [0.15, 0.2) is 0 Å². The Bertz CT molecular complexity index is 615. The van der Waals surface area contributed by atoms with Gasteiger partial charge in [0.05, 0.1) is 23.5 Å². The van der Waals surface area contributed by atoms with Crippen LogP contribution in [-0.2, 0) is 18.4 Å². The average molecular weight is 294 g/mol. The second kappa shape index (κ2) is 6.34. The number of nitrogens with one attached hydrogen (secondary N) is 1. The minimum Gasteiger partial charge on any atom is -0.347 e. The normalized spacial score (nSPS) is 10.9. The molecule has 104 valence electrons. The number of nitrogens with zero attached hydrogens (tertiary/aromatic N) is 2. The zero-order valence-electron chi connectivity index (χ0n) is 10.8. The van der Waals surface area contributed by atoms with Crippen LogP contribution >= 0.6 is 11.6 Å². The van der Waals surface area contributed by atoms with E-state index < -0.39 is 0 Å². The van der Waals surface area contributed by atoms with Crippen molar-refractivity contribution in [2.45, 2.75) is 6.54 Å². The number of aromatic nitrogens is 2. The molecule has 2 rings (SSSR count). The smallest absolute Gasteiger partial charge is 0.244 e. The molecule has 0 radical (unpaired) electrons. The van der Waals surface area contributed by atoms with Gasteiger partial charge in [-0.3, -0.25) is 9.48 Å². The van der Waals surface area contributed by atoms with E-state index in [0.717, 1.165) is 11.3 Å². The van der Waals surface area contributed by atoms with Gasteiger partial charge in [-0.1, -0.05) is 23.7 Å². The van der Waals surface area contributed by atoms with Gasteiger partial charge in [0, 0.05) is 13.1 Å². The predicted molar refractivity (Wildman–Crippen MR) is 75.5 cm³/mol. The first-order chi connectivity index (χ1) is 9.56. The third-order valence-electron chi connectivity index (χ3n) is 2.74. The Morgan fingerprint density at radius 1 is 1.45 bits per heavy atom. The Hall–Kier alpha value is -2.14. The molecule has 0 fully saturated rings. The van der Waals surface area contributed by atoms with E-state index in [0.29, 0.717) is 11.6 Å². The number of amides is 1. The van der Waals surface area contributed by atoms with Crippen molar-refractivity contribution in [3.8, 4) is 0 Å². The molecule has 4 nitrogen and oxygen atoms in total. The van der Waals surface area contributed by atoms with Crippen molar-refractivity contribution in [3.05, 3.63) is 58.6 Å². The van der Waals surface area contributed by atoms with E-state index in [-0.39, 0.29) is 11.7 Å².